The van der Waals surface area contributed by atoms with Gasteiger partial charge in [0.2, 0.25) is 10.0 Å². The van der Waals surface area contributed by atoms with Crippen LogP contribution in [0.1, 0.15) is 15.9 Å². The zero-order chi connectivity index (χ0) is 19.8. The van der Waals surface area contributed by atoms with Gasteiger partial charge >= 0.3 is 0 Å². The van der Waals surface area contributed by atoms with Crippen LogP contribution in [-0.4, -0.2) is 54.8 Å². The average Bonchev–Trinajstić information content (AvgIpc) is 2.65. The number of aromatic hydroxyl groups is 1. The Balaban J connectivity index is 1.76. The molecule has 0 atom stereocenters. The fourth-order valence-corrected chi connectivity index (χ4v) is 4.44. The molecule has 0 saturated carbocycles. The van der Waals surface area contributed by atoms with Gasteiger partial charge in [0.15, 0.2) is 0 Å². The maximum atomic E-state index is 13.9. The van der Waals surface area contributed by atoms with Crippen molar-refractivity contribution in [3.63, 3.8) is 0 Å². The predicted octanol–water partition coefficient (Wildman–Crippen LogP) is 2.13. The molecule has 0 aliphatic carbocycles. The number of phenols is 1. The van der Waals surface area contributed by atoms with Crippen LogP contribution in [0.15, 0.2) is 41.3 Å². The zero-order valence-corrected chi connectivity index (χ0v) is 15.3. The maximum Gasteiger partial charge on any atom is 0.257 e. The van der Waals surface area contributed by atoms with Crippen LogP contribution in [0.2, 0.25) is 0 Å². The summed E-state index contributed by atoms with van der Waals surface area (Å²) >= 11 is 0. The van der Waals surface area contributed by atoms with Gasteiger partial charge in [-0.2, -0.15) is 4.31 Å². The largest absolute Gasteiger partial charge is 0.507 e. The molecule has 1 saturated heterocycles. The normalized spacial score (nSPS) is 15.7. The van der Waals surface area contributed by atoms with E-state index in [1.165, 1.54) is 11.0 Å². The number of carbonyl (C=O) groups is 1. The lowest BCUT2D eigenvalue weighted by Crippen LogP contribution is -2.50. The van der Waals surface area contributed by atoms with Gasteiger partial charge in [-0.3, -0.25) is 4.79 Å². The topological polar surface area (TPSA) is 77.9 Å². The highest BCUT2D eigenvalue weighted by molar-refractivity contribution is 7.89. The van der Waals surface area contributed by atoms with Crippen LogP contribution in [0.3, 0.4) is 0 Å². The Morgan fingerprint density at radius 1 is 1.04 bits per heavy atom. The molecule has 2 aromatic carbocycles. The third kappa shape index (κ3) is 3.79. The Hall–Kier alpha value is -2.52. The molecule has 27 heavy (non-hydrogen) atoms. The van der Waals surface area contributed by atoms with Crippen molar-refractivity contribution in [1.29, 1.82) is 0 Å². The summed E-state index contributed by atoms with van der Waals surface area (Å²) < 4.78 is 53.4. The number of hydrogen-bond donors (Lipinski definition) is 1. The first-order valence-corrected chi connectivity index (χ1v) is 9.68. The number of phenolic OH excluding ortho intramolecular Hbond substituents is 1. The monoisotopic (exact) mass is 396 g/mol. The molecule has 0 aromatic heterocycles. The highest BCUT2D eigenvalue weighted by Gasteiger charge is 2.33. The molecule has 1 aliphatic heterocycles. The molecular formula is C18H18F2N2O4S. The number of piperazine rings is 1. The summed E-state index contributed by atoms with van der Waals surface area (Å²) in [7, 11) is -4.21. The summed E-state index contributed by atoms with van der Waals surface area (Å²) in [6, 6.07) is 6.91. The number of hydrogen-bond acceptors (Lipinski definition) is 4. The number of rotatable bonds is 3. The third-order valence-electron chi connectivity index (χ3n) is 4.42. The fraction of sp³-hybridized carbons (Fsp3) is 0.278. The van der Waals surface area contributed by atoms with Crippen LogP contribution < -0.4 is 0 Å². The average molecular weight is 396 g/mol. The smallest absolute Gasteiger partial charge is 0.257 e. The van der Waals surface area contributed by atoms with E-state index in [1.807, 2.05) is 0 Å². The summed E-state index contributed by atoms with van der Waals surface area (Å²) in [5.74, 6) is -2.44. The maximum absolute atomic E-state index is 13.9. The highest BCUT2D eigenvalue weighted by atomic mass is 32.2. The lowest BCUT2D eigenvalue weighted by molar-refractivity contribution is 0.0694. The molecule has 9 heteroatoms. The molecule has 1 aliphatic rings. The molecule has 144 valence electrons. The quantitative estimate of drug-likeness (QED) is 0.862. The Morgan fingerprint density at radius 3 is 2.37 bits per heavy atom. The molecule has 0 radical (unpaired) electrons. The molecule has 1 amide bonds. The number of amides is 1. The van der Waals surface area contributed by atoms with Gasteiger partial charge < -0.3 is 10.0 Å². The van der Waals surface area contributed by atoms with Crippen LogP contribution in [0.5, 0.6) is 5.75 Å². The van der Waals surface area contributed by atoms with Crippen LogP contribution in [0.25, 0.3) is 0 Å². The Morgan fingerprint density at radius 2 is 1.70 bits per heavy atom. The van der Waals surface area contributed by atoms with Gasteiger partial charge in [0.25, 0.3) is 5.91 Å². The molecule has 0 unspecified atom stereocenters. The standard InChI is InChI=1S/C18H18F2N2O4S/c1-12-2-5-16(23)14(10-12)18(24)21-6-8-22(9-7-21)27(25,26)17-11-13(19)3-4-15(17)20/h2-5,10-11,23H,6-9H2,1H3. The minimum Gasteiger partial charge on any atom is -0.507 e. The number of halogens is 2. The SMILES string of the molecule is Cc1ccc(O)c(C(=O)N2CCN(S(=O)(=O)c3cc(F)ccc3F)CC2)c1. The van der Waals surface area contributed by atoms with Crippen molar-refractivity contribution in [1.82, 2.24) is 9.21 Å². The number of nitrogens with zero attached hydrogens (tertiary/aromatic N) is 2. The minimum atomic E-state index is -4.21. The van der Waals surface area contributed by atoms with Gasteiger partial charge in [0.05, 0.1) is 5.56 Å². The number of carbonyl (C=O) groups excluding carboxylic acids is 1. The van der Waals surface area contributed by atoms with Gasteiger partial charge in [-0.15, -0.1) is 0 Å². The van der Waals surface area contributed by atoms with Gasteiger partial charge in [-0.05, 0) is 37.3 Å². The van der Waals surface area contributed by atoms with E-state index < -0.39 is 32.5 Å². The lowest BCUT2D eigenvalue weighted by Gasteiger charge is -2.34. The van der Waals surface area contributed by atoms with Crippen LogP contribution >= 0.6 is 0 Å². The lowest BCUT2D eigenvalue weighted by atomic mass is 10.1. The predicted molar refractivity (Wildman–Crippen MR) is 93.9 cm³/mol. The van der Waals surface area contributed by atoms with Gasteiger partial charge in [-0.25, -0.2) is 17.2 Å². The molecule has 6 nitrogen and oxygen atoms in total. The van der Waals surface area contributed by atoms with E-state index in [2.05, 4.69) is 0 Å². The summed E-state index contributed by atoms with van der Waals surface area (Å²) in [4.78, 5) is 13.3. The molecule has 1 heterocycles. The highest BCUT2D eigenvalue weighted by Crippen LogP contribution is 2.24. The van der Waals surface area contributed by atoms with E-state index >= 15 is 0 Å². The number of aryl methyl sites for hydroxylation is 1. The molecular weight excluding hydrogens is 378 g/mol. The van der Waals surface area contributed by atoms with Crippen molar-refractivity contribution < 1.29 is 27.1 Å². The number of sulfonamides is 1. The second-order valence-electron chi connectivity index (χ2n) is 6.29. The summed E-state index contributed by atoms with van der Waals surface area (Å²) in [5, 5.41) is 9.89. The summed E-state index contributed by atoms with van der Waals surface area (Å²) in [6.45, 7) is 1.81. The molecule has 0 spiro atoms. The van der Waals surface area contributed by atoms with E-state index in [4.69, 9.17) is 0 Å². The molecule has 3 rings (SSSR count). The van der Waals surface area contributed by atoms with Crippen molar-refractivity contribution in [2.75, 3.05) is 26.2 Å². The van der Waals surface area contributed by atoms with E-state index in [0.29, 0.717) is 6.07 Å². The second-order valence-corrected chi connectivity index (χ2v) is 8.20. The van der Waals surface area contributed by atoms with Crippen molar-refractivity contribution in [2.24, 2.45) is 0 Å². The second kappa shape index (κ2) is 7.24. The van der Waals surface area contributed by atoms with Crippen LogP contribution in [0.4, 0.5) is 8.78 Å². The van der Waals surface area contributed by atoms with Crippen molar-refractivity contribution in [3.8, 4) is 5.75 Å². The van der Waals surface area contributed by atoms with E-state index in [9.17, 15) is 27.1 Å². The molecule has 1 N–H and O–H groups in total. The Labute approximate surface area is 155 Å². The van der Waals surface area contributed by atoms with Crippen molar-refractivity contribution in [3.05, 3.63) is 59.2 Å². The third-order valence-corrected chi connectivity index (χ3v) is 6.33. The fourth-order valence-electron chi connectivity index (χ4n) is 2.94. The van der Waals surface area contributed by atoms with Gasteiger partial charge in [0, 0.05) is 26.2 Å². The van der Waals surface area contributed by atoms with Gasteiger partial charge in [0.1, 0.15) is 22.3 Å². The number of benzene rings is 2. The van der Waals surface area contributed by atoms with E-state index in [-0.39, 0.29) is 37.5 Å². The molecule has 1 fully saturated rings. The van der Waals surface area contributed by atoms with Crippen LogP contribution in [0, 0.1) is 18.6 Å². The first-order chi connectivity index (χ1) is 12.7. The molecule has 0 bridgehead atoms. The van der Waals surface area contributed by atoms with Gasteiger partial charge in [-0.1, -0.05) is 11.6 Å². The Kier molecular flexibility index (Phi) is 5.16. The summed E-state index contributed by atoms with van der Waals surface area (Å²) in [5.41, 5.74) is 0.946. The summed E-state index contributed by atoms with van der Waals surface area (Å²) in [6.07, 6.45) is 0. The van der Waals surface area contributed by atoms with Crippen molar-refractivity contribution >= 4 is 15.9 Å². The Bertz CT molecular complexity index is 987. The van der Waals surface area contributed by atoms with Crippen LogP contribution in [-0.2, 0) is 10.0 Å². The zero-order valence-electron chi connectivity index (χ0n) is 14.5. The van der Waals surface area contributed by atoms with Crippen molar-refractivity contribution in [2.45, 2.75) is 11.8 Å². The molecule has 2 aromatic rings. The minimum absolute atomic E-state index is 0.0589. The first-order valence-electron chi connectivity index (χ1n) is 8.24. The van der Waals surface area contributed by atoms with E-state index in [1.54, 1.807) is 19.1 Å². The first kappa shape index (κ1) is 19.2. The van der Waals surface area contributed by atoms with E-state index in [0.717, 1.165) is 22.0 Å².